The van der Waals surface area contributed by atoms with Crippen molar-refractivity contribution in [3.63, 3.8) is 0 Å². The summed E-state index contributed by atoms with van der Waals surface area (Å²) >= 11 is 0. The molecule has 0 bridgehead atoms. The van der Waals surface area contributed by atoms with Gasteiger partial charge in [0.2, 0.25) is 0 Å². The molecular weight excluding hydrogens is 172 g/mol. The summed E-state index contributed by atoms with van der Waals surface area (Å²) in [6.45, 7) is 14.6. The molecule has 0 heterocycles. The standard InChI is InChI=1S/C11H20O.C2H6/c1-5-9-8(4)10(7(2)3)6-11(9)12;1-2/h7,9-12H,4-6H2,1-3H3;1-2H3. The van der Waals surface area contributed by atoms with Crippen LogP contribution in [0.15, 0.2) is 12.2 Å². The van der Waals surface area contributed by atoms with E-state index < -0.39 is 0 Å². The Hall–Kier alpha value is -0.300. The van der Waals surface area contributed by atoms with Crippen LogP contribution in [0.4, 0.5) is 0 Å². The molecule has 0 aliphatic heterocycles. The molecule has 1 saturated carbocycles. The third-order valence-corrected chi connectivity index (χ3v) is 3.16. The molecule has 0 saturated heterocycles. The summed E-state index contributed by atoms with van der Waals surface area (Å²) in [4.78, 5) is 0. The molecule has 0 aromatic rings. The van der Waals surface area contributed by atoms with Gasteiger partial charge in [-0.3, -0.25) is 0 Å². The maximum atomic E-state index is 9.72. The minimum absolute atomic E-state index is 0.130. The van der Waals surface area contributed by atoms with Gasteiger partial charge >= 0.3 is 0 Å². The fourth-order valence-corrected chi connectivity index (χ4v) is 2.33. The summed E-state index contributed by atoms with van der Waals surface area (Å²) in [7, 11) is 0. The van der Waals surface area contributed by atoms with Gasteiger partial charge in [-0.15, -0.1) is 0 Å². The molecule has 1 nitrogen and oxygen atoms in total. The molecule has 1 N–H and O–H groups in total. The van der Waals surface area contributed by atoms with Crippen molar-refractivity contribution in [3.05, 3.63) is 12.2 Å². The van der Waals surface area contributed by atoms with E-state index in [9.17, 15) is 5.11 Å². The molecule has 84 valence electrons. The highest BCUT2D eigenvalue weighted by atomic mass is 16.3. The molecule has 1 rings (SSSR count). The third kappa shape index (κ3) is 2.84. The largest absolute Gasteiger partial charge is 0.392 e. The van der Waals surface area contributed by atoms with Gasteiger partial charge in [-0.1, -0.05) is 46.8 Å². The first kappa shape index (κ1) is 13.7. The predicted octanol–water partition coefficient (Wildman–Crippen LogP) is 3.63. The van der Waals surface area contributed by atoms with Crippen LogP contribution >= 0.6 is 0 Å². The first-order chi connectivity index (χ1) is 6.57. The van der Waals surface area contributed by atoms with Crippen LogP contribution in [0.1, 0.15) is 47.5 Å². The predicted molar refractivity (Wildman–Crippen MR) is 63.2 cm³/mol. The Bertz CT molecular complexity index is 172. The highest BCUT2D eigenvalue weighted by Crippen LogP contribution is 2.41. The van der Waals surface area contributed by atoms with Gasteiger partial charge in [0.15, 0.2) is 0 Å². The van der Waals surface area contributed by atoms with E-state index in [1.54, 1.807) is 0 Å². The molecule has 3 atom stereocenters. The van der Waals surface area contributed by atoms with Crippen molar-refractivity contribution in [2.75, 3.05) is 0 Å². The van der Waals surface area contributed by atoms with Crippen molar-refractivity contribution < 1.29 is 5.11 Å². The number of aliphatic hydroxyl groups is 1. The number of aliphatic hydroxyl groups excluding tert-OH is 1. The maximum Gasteiger partial charge on any atom is 0.0611 e. The molecular formula is C13H26O. The van der Waals surface area contributed by atoms with Crippen LogP contribution in [-0.2, 0) is 0 Å². The van der Waals surface area contributed by atoms with E-state index in [1.165, 1.54) is 5.57 Å². The second kappa shape index (κ2) is 6.23. The lowest BCUT2D eigenvalue weighted by atomic mass is 9.88. The molecule has 0 spiro atoms. The van der Waals surface area contributed by atoms with Crippen molar-refractivity contribution in [1.29, 1.82) is 0 Å². The Kier molecular flexibility index (Phi) is 6.10. The number of hydrogen-bond acceptors (Lipinski definition) is 1. The molecule has 0 radical (unpaired) electrons. The van der Waals surface area contributed by atoms with Crippen LogP contribution in [0.2, 0.25) is 0 Å². The first-order valence-electron chi connectivity index (χ1n) is 5.94. The van der Waals surface area contributed by atoms with E-state index >= 15 is 0 Å². The Labute approximate surface area is 89.2 Å². The van der Waals surface area contributed by atoms with Crippen LogP contribution in [0.25, 0.3) is 0 Å². The van der Waals surface area contributed by atoms with Crippen LogP contribution in [0.5, 0.6) is 0 Å². The second-order valence-electron chi connectivity index (χ2n) is 4.24. The quantitative estimate of drug-likeness (QED) is 0.672. The molecule has 1 heteroatoms. The zero-order valence-electron chi connectivity index (χ0n) is 10.4. The topological polar surface area (TPSA) is 20.2 Å². The SMILES string of the molecule is C=C1C(C(C)C)CC(O)C1CC.CC. The molecule has 1 fully saturated rings. The summed E-state index contributed by atoms with van der Waals surface area (Å²) in [6, 6.07) is 0. The van der Waals surface area contributed by atoms with Crippen molar-refractivity contribution in [2.24, 2.45) is 17.8 Å². The molecule has 0 aromatic carbocycles. The van der Waals surface area contributed by atoms with E-state index in [-0.39, 0.29) is 6.10 Å². The van der Waals surface area contributed by atoms with Crippen molar-refractivity contribution in [1.82, 2.24) is 0 Å². The smallest absolute Gasteiger partial charge is 0.0611 e. The van der Waals surface area contributed by atoms with Gasteiger partial charge < -0.3 is 5.11 Å². The van der Waals surface area contributed by atoms with Crippen molar-refractivity contribution in [2.45, 2.75) is 53.6 Å². The van der Waals surface area contributed by atoms with E-state index in [4.69, 9.17) is 0 Å². The fourth-order valence-electron chi connectivity index (χ4n) is 2.33. The van der Waals surface area contributed by atoms with Gasteiger partial charge in [0.25, 0.3) is 0 Å². The van der Waals surface area contributed by atoms with Gasteiger partial charge in [0, 0.05) is 5.92 Å². The van der Waals surface area contributed by atoms with Crippen LogP contribution < -0.4 is 0 Å². The normalized spacial score (nSPS) is 31.6. The third-order valence-electron chi connectivity index (χ3n) is 3.16. The summed E-state index contributed by atoms with van der Waals surface area (Å²) in [6.07, 6.45) is 1.83. The average molecular weight is 198 g/mol. The first-order valence-corrected chi connectivity index (χ1v) is 5.94. The minimum atomic E-state index is -0.130. The van der Waals surface area contributed by atoms with Crippen molar-refractivity contribution >= 4 is 0 Å². The average Bonchev–Trinajstić information content (AvgIpc) is 2.45. The Morgan fingerprint density at radius 1 is 1.43 bits per heavy atom. The molecule has 1 aliphatic carbocycles. The van der Waals surface area contributed by atoms with E-state index in [1.807, 2.05) is 13.8 Å². The van der Waals surface area contributed by atoms with Crippen LogP contribution in [0, 0.1) is 17.8 Å². The Balaban J connectivity index is 0.000000791. The molecule has 1 aliphatic rings. The van der Waals surface area contributed by atoms with Gasteiger partial charge in [-0.25, -0.2) is 0 Å². The fraction of sp³-hybridized carbons (Fsp3) is 0.846. The number of rotatable bonds is 2. The van der Waals surface area contributed by atoms with E-state index in [0.29, 0.717) is 17.8 Å². The highest BCUT2D eigenvalue weighted by Gasteiger charge is 2.36. The van der Waals surface area contributed by atoms with Gasteiger partial charge in [-0.2, -0.15) is 0 Å². The minimum Gasteiger partial charge on any atom is -0.392 e. The summed E-state index contributed by atoms with van der Waals surface area (Å²) in [5.41, 5.74) is 1.28. The number of hydrogen-bond donors (Lipinski definition) is 1. The Morgan fingerprint density at radius 2 is 1.93 bits per heavy atom. The highest BCUT2D eigenvalue weighted by molar-refractivity contribution is 5.15. The van der Waals surface area contributed by atoms with Crippen LogP contribution in [0.3, 0.4) is 0 Å². The lowest BCUT2D eigenvalue weighted by Crippen LogP contribution is -2.12. The monoisotopic (exact) mass is 198 g/mol. The van der Waals surface area contributed by atoms with E-state index in [0.717, 1.165) is 12.8 Å². The molecule has 3 unspecified atom stereocenters. The molecule has 0 aromatic heterocycles. The molecule has 0 amide bonds. The maximum absolute atomic E-state index is 9.72. The van der Waals surface area contributed by atoms with Gasteiger partial charge in [0.1, 0.15) is 0 Å². The Morgan fingerprint density at radius 3 is 2.14 bits per heavy atom. The summed E-state index contributed by atoms with van der Waals surface area (Å²) in [5.74, 6) is 1.53. The van der Waals surface area contributed by atoms with Gasteiger partial charge in [-0.05, 0) is 24.7 Å². The van der Waals surface area contributed by atoms with E-state index in [2.05, 4.69) is 27.4 Å². The zero-order valence-corrected chi connectivity index (χ0v) is 10.4. The zero-order chi connectivity index (χ0) is 11.3. The van der Waals surface area contributed by atoms with Gasteiger partial charge in [0.05, 0.1) is 6.10 Å². The summed E-state index contributed by atoms with van der Waals surface area (Å²) in [5, 5.41) is 9.72. The summed E-state index contributed by atoms with van der Waals surface area (Å²) < 4.78 is 0. The second-order valence-corrected chi connectivity index (χ2v) is 4.24. The lowest BCUT2D eigenvalue weighted by Gasteiger charge is -2.17. The van der Waals surface area contributed by atoms with Crippen LogP contribution in [-0.4, -0.2) is 11.2 Å². The van der Waals surface area contributed by atoms with Crippen molar-refractivity contribution in [3.8, 4) is 0 Å². The molecule has 14 heavy (non-hydrogen) atoms. The lowest BCUT2D eigenvalue weighted by molar-refractivity contribution is 0.133.